The van der Waals surface area contributed by atoms with Gasteiger partial charge in [-0.2, -0.15) is 0 Å². The van der Waals surface area contributed by atoms with Crippen LogP contribution in [0.2, 0.25) is 0 Å². The van der Waals surface area contributed by atoms with E-state index in [-0.39, 0.29) is 0 Å². The Bertz CT molecular complexity index is 4950. The van der Waals surface area contributed by atoms with Gasteiger partial charge in [-0.15, -0.1) is 0 Å². The Morgan fingerprint density at radius 3 is 1.25 bits per heavy atom. The third-order valence-corrected chi connectivity index (χ3v) is 15.8. The minimum absolute atomic E-state index is 0.555. The van der Waals surface area contributed by atoms with Crippen molar-refractivity contribution in [1.29, 1.82) is 0 Å². The first-order valence-corrected chi connectivity index (χ1v) is 27.3. The molecule has 12 aromatic carbocycles. The third kappa shape index (κ3) is 7.91. The molecule has 4 aromatic heterocycles. The molecule has 378 valence electrons. The summed E-state index contributed by atoms with van der Waals surface area (Å²) in [6.07, 6.45) is 0. The smallest absolute Gasteiger partial charge is 0.164 e. The van der Waals surface area contributed by atoms with Crippen LogP contribution in [0.4, 0.5) is 0 Å². The number of hydrogen-bond donors (Lipinski definition) is 0. The Balaban J connectivity index is 0.958. The van der Waals surface area contributed by atoms with Crippen LogP contribution < -0.4 is 0 Å². The molecule has 6 nitrogen and oxygen atoms in total. The van der Waals surface area contributed by atoms with Crippen LogP contribution in [0, 0.1) is 0 Å². The third-order valence-electron chi connectivity index (χ3n) is 15.8. The Kier molecular flexibility index (Phi) is 10.8. The standard InChI is InChI=1S/C75H46N4O2/c1-6-20-47(21-7-1)50-34-36-53(37-35-50)73-76-74(56-41-54(48-22-8-2-9-23-48)40-55(42-56)49-24-10-3-11-25-49)78-75(77-73)57-43-61(51-26-12-4-13-27-51)71(62(44-57)52-28-14-5-15-29-52)79-65-32-18-16-31-60(65)70-66(79)39-38-59-64-46-68-63(45-69(64)81-72(59)70)58-30-17-19-33-67(58)80-68/h1-46H. The molecule has 0 saturated heterocycles. The topological polar surface area (TPSA) is 69.9 Å². The summed E-state index contributed by atoms with van der Waals surface area (Å²) in [4.78, 5) is 16.4. The second-order valence-electron chi connectivity index (χ2n) is 20.7. The Morgan fingerprint density at radius 1 is 0.247 bits per heavy atom. The lowest BCUT2D eigenvalue weighted by atomic mass is 9.92. The van der Waals surface area contributed by atoms with Crippen molar-refractivity contribution < 1.29 is 8.83 Å². The Hall–Kier alpha value is -11.0. The summed E-state index contributed by atoms with van der Waals surface area (Å²) in [6.45, 7) is 0. The number of hydrogen-bond acceptors (Lipinski definition) is 5. The van der Waals surface area contributed by atoms with Gasteiger partial charge in [0.05, 0.1) is 22.1 Å². The van der Waals surface area contributed by atoms with Crippen LogP contribution in [0.3, 0.4) is 0 Å². The van der Waals surface area contributed by atoms with E-state index in [4.69, 9.17) is 23.8 Å². The first-order chi connectivity index (χ1) is 40.1. The molecule has 0 aliphatic heterocycles. The molecule has 0 aliphatic rings. The van der Waals surface area contributed by atoms with Crippen molar-refractivity contribution in [3.63, 3.8) is 0 Å². The van der Waals surface area contributed by atoms with E-state index in [9.17, 15) is 0 Å². The molecule has 81 heavy (non-hydrogen) atoms. The Labute approximate surface area is 466 Å². The Morgan fingerprint density at radius 2 is 0.667 bits per heavy atom. The van der Waals surface area contributed by atoms with Gasteiger partial charge in [0.2, 0.25) is 0 Å². The minimum Gasteiger partial charge on any atom is -0.456 e. The van der Waals surface area contributed by atoms with Gasteiger partial charge in [-0.25, -0.2) is 15.0 Å². The molecule has 16 rings (SSSR count). The summed E-state index contributed by atoms with van der Waals surface area (Å²) in [5, 5.41) is 6.28. The van der Waals surface area contributed by atoms with E-state index in [1.54, 1.807) is 0 Å². The summed E-state index contributed by atoms with van der Waals surface area (Å²) in [5.41, 5.74) is 19.8. The number of furan rings is 2. The zero-order chi connectivity index (χ0) is 53.4. The van der Waals surface area contributed by atoms with Gasteiger partial charge >= 0.3 is 0 Å². The van der Waals surface area contributed by atoms with E-state index in [1.165, 1.54) is 0 Å². The predicted molar refractivity (Wildman–Crippen MR) is 332 cm³/mol. The van der Waals surface area contributed by atoms with Gasteiger partial charge in [0, 0.05) is 54.7 Å². The molecule has 6 heteroatoms. The van der Waals surface area contributed by atoms with Gasteiger partial charge in [0.15, 0.2) is 17.5 Å². The van der Waals surface area contributed by atoms with Crippen molar-refractivity contribution in [3.05, 3.63) is 279 Å². The molecule has 4 heterocycles. The van der Waals surface area contributed by atoms with Gasteiger partial charge in [-0.3, -0.25) is 0 Å². The van der Waals surface area contributed by atoms with Crippen molar-refractivity contribution in [3.8, 4) is 95.5 Å². The second kappa shape index (κ2) is 18.9. The van der Waals surface area contributed by atoms with E-state index in [0.717, 1.165) is 144 Å². The molecule has 0 bridgehead atoms. The molecule has 0 atom stereocenters. The van der Waals surface area contributed by atoms with Gasteiger partial charge < -0.3 is 13.4 Å². The maximum atomic E-state index is 7.07. The average molecular weight is 1040 g/mol. The maximum absolute atomic E-state index is 7.07. The first kappa shape index (κ1) is 46.2. The molecule has 0 spiro atoms. The number of rotatable bonds is 9. The van der Waals surface area contributed by atoms with Crippen molar-refractivity contribution >= 4 is 65.7 Å². The minimum atomic E-state index is 0.555. The van der Waals surface area contributed by atoms with Crippen LogP contribution in [-0.2, 0) is 0 Å². The lowest BCUT2D eigenvalue weighted by Gasteiger charge is -2.21. The molecule has 0 N–H and O–H groups in total. The van der Waals surface area contributed by atoms with Crippen molar-refractivity contribution in [2.24, 2.45) is 0 Å². The molecule has 0 unspecified atom stereocenters. The molecular weight excluding hydrogens is 989 g/mol. The summed E-state index contributed by atoms with van der Waals surface area (Å²) in [6, 6.07) is 98.3. The van der Waals surface area contributed by atoms with Gasteiger partial charge in [-0.05, 0) is 111 Å². The summed E-state index contributed by atoms with van der Waals surface area (Å²) in [5.74, 6) is 1.70. The zero-order valence-corrected chi connectivity index (χ0v) is 43.7. The van der Waals surface area contributed by atoms with Crippen LogP contribution in [0.15, 0.2) is 288 Å². The van der Waals surface area contributed by atoms with E-state index >= 15 is 0 Å². The quantitative estimate of drug-likeness (QED) is 0.144. The highest BCUT2D eigenvalue weighted by Gasteiger charge is 2.26. The van der Waals surface area contributed by atoms with Crippen LogP contribution in [-0.4, -0.2) is 19.5 Å². The van der Waals surface area contributed by atoms with Crippen LogP contribution in [0.5, 0.6) is 0 Å². The molecule has 16 aromatic rings. The van der Waals surface area contributed by atoms with E-state index < -0.39 is 0 Å². The van der Waals surface area contributed by atoms with Gasteiger partial charge in [0.25, 0.3) is 0 Å². The van der Waals surface area contributed by atoms with Crippen molar-refractivity contribution in [1.82, 2.24) is 19.5 Å². The van der Waals surface area contributed by atoms with Gasteiger partial charge in [-0.1, -0.05) is 212 Å². The zero-order valence-electron chi connectivity index (χ0n) is 43.7. The molecule has 0 amide bonds. The second-order valence-corrected chi connectivity index (χ2v) is 20.7. The maximum Gasteiger partial charge on any atom is 0.164 e. The number of benzene rings is 12. The average Bonchev–Trinajstić information content (AvgIpc) is 4.24. The van der Waals surface area contributed by atoms with Crippen molar-refractivity contribution in [2.45, 2.75) is 0 Å². The number of para-hydroxylation sites is 2. The largest absolute Gasteiger partial charge is 0.456 e. The molecular formula is C75H46N4O2. The fraction of sp³-hybridized carbons (Fsp3) is 0. The fourth-order valence-electron chi connectivity index (χ4n) is 12.0. The molecule has 0 fully saturated rings. The SMILES string of the molecule is c1ccc(-c2ccc(-c3nc(-c4cc(-c5ccccc5)cc(-c5ccccc5)c4)nc(-c4cc(-c5ccccc5)c(-n5c6ccccc6c6c7oc8cc9c(cc8c7ccc65)oc5ccccc59)c(-c5ccccc5)c4)n3)cc2)cc1. The highest BCUT2D eigenvalue weighted by atomic mass is 16.3. The summed E-state index contributed by atoms with van der Waals surface area (Å²) >= 11 is 0. The van der Waals surface area contributed by atoms with Gasteiger partial charge in [0.1, 0.15) is 22.3 Å². The van der Waals surface area contributed by atoms with Crippen LogP contribution in [0.1, 0.15) is 0 Å². The van der Waals surface area contributed by atoms with E-state index in [2.05, 4.69) is 265 Å². The van der Waals surface area contributed by atoms with Crippen molar-refractivity contribution in [2.75, 3.05) is 0 Å². The highest BCUT2D eigenvalue weighted by Crippen LogP contribution is 2.47. The van der Waals surface area contributed by atoms with Crippen LogP contribution in [0.25, 0.3) is 161 Å². The number of fused-ring (bicyclic) bond motifs is 10. The molecule has 0 radical (unpaired) electrons. The molecule has 0 saturated carbocycles. The number of nitrogens with zero attached hydrogens (tertiary/aromatic N) is 4. The molecule has 0 aliphatic carbocycles. The predicted octanol–water partition coefficient (Wildman–Crippen LogP) is 20.1. The fourth-order valence-corrected chi connectivity index (χ4v) is 12.0. The highest BCUT2D eigenvalue weighted by molar-refractivity contribution is 6.25. The summed E-state index contributed by atoms with van der Waals surface area (Å²) in [7, 11) is 0. The number of aromatic nitrogens is 4. The lowest BCUT2D eigenvalue weighted by molar-refractivity contribution is 0.665. The first-order valence-electron chi connectivity index (χ1n) is 27.3. The normalized spacial score (nSPS) is 11.7. The van der Waals surface area contributed by atoms with E-state index in [1.807, 2.05) is 18.2 Å². The lowest BCUT2D eigenvalue weighted by Crippen LogP contribution is -2.04. The van der Waals surface area contributed by atoms with Crippen LogP contribution >= 0.6 is 0 Å². The summed E-state index contributed by atoms with van der Waals surface area (Å²) < 4.78 is 15.9. The van der Waals surface area contributed by atoms with E-state index in [0.29, 0.717) is 17.5 Å². The monoisotopic (exact) mass is 1030 g/mol.